The molecular formula is C32H38N6O4. The first-order valence-electron chi connectivity index (χ1n) is 14.2. The highest BCUT2D eigenvalue weighted by atomic mass is 16.2. The summed E-state index contributed by atoms with van der Waals surface area (Å²) in [7, 11) is 6.56. The summed E-state index contributed by atoms with van der Waals surface area (Å²) in [4.78, 5) is 54.6. The minimum absolute atomic E-state index is 0.00238. The van der Waals surface area contributed by atoms with Crippen molar-refractivity contribution in [3.8, 4) is 0 Å². The number of rotatable bonds is 7. The van der Waals surface area contributed by atoms with Crippen molar-refractivity contribution in [2.75, 3.05) is 40.1 Å². The zero-order chi connectivity index (χ0) is 30.0. The molecule has 1 fully saturated rings. The summed E-state index contributed by atoms with van der Waals surface area (Å²) in [6.45, 7) is 2.70. The molecule has 0 atom stereocenters. The van der Waals surface area contributed by atoms with Crippen LogP contribution in [0.3, 0.4) is 0 Å². The van der Waals surface area contributed by atoms with E-state index in [1.165, 1.54) is 30.3 Å². The Hall–Kier alpha value is -4.44. The normalized spacial score (nSPS) is 15.3. The van der Waals surface area contributed by atoms with Crippen LogP contribution in [0.2, 0.25) is 0 Å². The van der Waals surface area contributed by atoms with Gasteiger partial charge in [-0.2, -0.15) is 0 Å². The zero-order valence-corrected chi connectivity index (χ0v) is 24.6. The van der Waals surface area contributed by atoms with Crippen LogP contribution < -0.4 is 10.6 Å². The lowest BCUT2D eigenvalue weighted by atomic mass is 9.71. The molecule has 4 amide bonds. The number of likely N-dealkylation sites (N-methyl/N-ethyl adjacent to an activating group) is 1. The molecule has 1 aromatic heterocycles. The lowest BCUT2D eigenvalue weighted by Crippen LogP contribution is -2.56. The van der Waals surface area contributed by atoms with Crippen LogP contribution in [-0.2, 0) is 34.8 Å². The molecule has 10 nitrogen and oxygen atoms in total. The molecule has 42 heavy (non-hydrogen) atoms. The Morgan fingerprint density at radius 3 is 2.07 bits per heavy atom. The smallest absolute Gasteiger partial charge is 0.313 e. The van der Waals surface area contributed by atoms with Crippen LogP contribution in [0.1, 0.15) is 56.9 Å². The summed E-state index contributed by atoms with van der Waals surface area (Å²) in [5.74, 6) is -1.45. The largest absolute Gasteiger partial charge is 0.347 e. The molecule has 1 aliphatic carbocycles. The third-order valence-corrected chi connectivity index (χ3v) is 8.32. The molecule has 2 heterocycles. The molecule has 0 bridgehead atoms. The molecule has 2 aromatic carbocycles. The van der Waals surface area contributed by atoms with Crippen molar-refractivity contribution in [1.82, 2.24) is 24.6 Å². The van der Waals surface area contributed by atoms with Crippen LogP contribution >= 0.6 is 0 Å². The lowest BCUT2D eigenvalue weighted by Gasteiger charge is -2.53. The van der Waals surface area contributed by atoms with Gasteiger partial charge in [0.1, 0.15) is 5.69 Å². The van der Waals surface area contributed by atoms with Crippen molar-refractivity contribution in [2.24, 2.45) is 0 Å². The van der Waals surface area contributed by atoms with E-state index < -0.39 is 11.8 Å². The SMILES string of the molecule is CN(C)C(=O)C(=O)Nc1ccc(CNC(=O)c2ccc3n2CCN(Cc2ccc(C(=O)N(C)C)cc2)C32CCC2)cc1. The van der Waals surface area contributed by atoms with Crippen LogP contribution in [0.5, 0.6) is 0 Å². The molecule has 5 rings (SSSR count). The minimum Gasteiger partial charge on any atom is -0.347 e. The Labute approximate surface area is 246 Å². The Balaban J connectivity index is 1.22. The van der Waals surface area contributed by atoms with Crippen LogP contribution in [0.15, 0.2) is 60.7 Å². The summed E-state index contributed by atoms with van der Waals surface area (Å²) >= 11 is 0. The van der Waals surface area contributed by atoms with Gasteiger partial charge in [-0.15, -0.1) is 0 Å². The highest BCUT2D eigenvalue weighted by molar-refractivity contribution is 6.39. The van der Waals surface area contributed by atoms with Gasteiger partial charge in [-0.05, 0) is 66.8 Å². The first-order valence-corrected chi connectivity index (χ1v) is 14.2. The fourth-order valence-electron chi connectivity index (χ4n) is 5.82. The summed E-state index contributed by atoms with van der Waals surface area (Å²) in [6.07, 6.45) is 3.26. The van der Waals surface area contributed by atoms with Crippen molar-refractivity contribution in [1.29, 1.82) is 0 Å². The molecule has 2 aliphatic rings. The standard InChI is InChI=1S/C32H38N6O4/c1-35(2)30(41)24-10-6-23(7-11-24)21-37-18-19-38-26(14-15-27(38)32(37)16-5-17-32)28(39)33-20-22-8-12-25(13-9-22)34-29(40)31(42)36(3)4/h6-15H,5,16-21H2,1-4H3,(H,33,39)(H,34,40). The predicted octanol–water partition coefficient (Wildman–Crippen LogP) is 3.04. The van der Waals surface area contributed by atoms with E-state index in [9.17, 15) is 19.2 Å². The van der Waals surface area contributed by atoms with Gasteiger partial charge in [-0.25, -0.2) is 0 Å². The zero-order valence-electron chi connectivity index (χ0n) is 24.6. The topological polar surface area (TPSA) is 107 Å². The van der Waals surface area contributed by atoms with E-state index >= 15 is 0 Å². The number of anilines is 1. The highest BCUT2D eigenvalue weighted by Gasteiger charge is 2.48. The number of carbonyl (C=O) groups excluding carboxylic acids is 4. The molecular weight excluding hydrogens is 532 g/mol. The number of amides is 4. The Morgan fingerprint density at radius 2 is 1.48 bits per heavy atom. The molecule has 1 spiro atoms. The second kappa shape index (κ2) is 11.8. The molecule has 0 unspecified atom stereocenters. The third kappa shape index (κ3) is 5.67. The van der Waals surface area contributed by atoms with E-state index in [4.69, 9.17) is 0 Å². The van der Waals surface area contributed by atoms with E-state index in [-0.39, 0.29) is 17.4 Å². The van der Waals surface area contributed by atoms with Gasteiger partial charge >= 0.3 is 11.8 Å². The summed E-state index contributed by atoms with van der Waals surface area (Å²) in [6, 6.07) is 19.0. The third-order valence-electron chi connectivity index (χ3n) is 8.32. The molecule has 3 aromatic rings. The number of hydrogen-bond acceptors (Lipinski definition) is 5. The van der Waals surface area contributed by atoms with Gasteiger partial charge in [0.25, 0.3) is 11.8 Å². The monoisotopic (exact) mass is 570 g/mol. The van der Waals surface area contributed by atoms with Gasteiger partial charge in [-0.3, -0.25) is 24.1 Å². The van der Waals surface area contributed by atoms with Crippen molar-refractivity contribution in [3.63, 3.8) is 0 Å². The van der Waals surface area contributed by atoms with Crippen molar-refractivity contribution in [2.45, 2.75) is 44.4 Å². The maximum atomic E-state index is 13.3. The summed E-state index contributed by atoms with van der Waals surface area (Å²) < 4.78 is 2.17. The molecule has 220 valence electrons. The quantitative estimate of drug-likeness (QED) is 0.425. The number of aromatic nitrogens is 1. The number of nitrogens with one attached hydrogen (secondary N) is 2. The lowest BCUT2D eigenvalue weighted by molar-refractivity contribution is -0.141. The predicted molar refractivity (Wildman–Crippen MR) is 160 cm³/mol. The van der Waals surface area contributed by atoms with Gasteiger partial charge in [0.05, 0.1) is 5.54 Å². The fraction of sp³-hybridized carbons (Fsp3) is 0.375. The Morgan fingerprint density at radius 1 is 0.810 bits per heavy atom. The Bertz CT molecular complexity index is 1490. The maximum absolute atomic E-state index is 13.3. The molecule has 1 aliphatic heterocycles. The number of carbonyl (C=O) groups is 4. The van der Waals surface area contributed by atoms with E-state index in [0.29, 0.717) is 23.5 Å². The van der Waals surface area contributed by atoms with E-state index in [2.05, 4.69) is 26.2 Å². The second-order valence-electron chi connectivity index (χ2n) is 11.5. The number of hydrogen-bond donors (Lipinski definition) is 2. The van der Waals surface area contributed by atoms with E-state index in [1.54, 1.807) is 31.1 Å². The summed E-state index contributed by atoms with van der Waals surface area (Å²) in [5.41, 5.74) is 5.02. The average Bonchev–Trinajstić information content (AvgIpc) is 3.39. The molecule has 10 heteroatoms. The van der Waals surface area contributed by atoms with E-state index in [1.807, 2.05) is 42.5 Å². The maximum Gasteiger partial charge on any atom is 0.313 e. The van der Waals surface area contributed by atoms with Gasteiger partial charge < -0.3 is 25.0 Å². The fourth-order valence-corrected chi connectivity index (χ4v) is 5.82. The number of benzene rings is 2. The second-order valence-corrected chi connectivity index (χ2v) is 11.5. The molecule has 1 saturated carbocycles. The molecule has 0 radical (unpaired) electrons. The van der Waals surface area contributed by atoms with Crippen molar-refractivity contribution < 1.29 is 19.2 Å². The minimum atomic E-state index is -0.698. The number of fused-ring (bicyclic) bond motifs is 2. The van der Waals surface area contributed by atoms with Crippen molar-refractivity contribution >= 4 is 29.3 Å². The highest BCUT2D eigenvalue weighted by Crippen LogP contribution is 2.49. The molecule has 0 saturated heterocycles. The van der Waals surface area contributed by atoms with Gasteiger partial charge in [0.2, 0.25) is 0 Å². The van der Waals surface area contributed by atoms with E-state index in [0.717, 1.165) is 44.5 Å². The Kier molecular flexibility index (Phi) is 8.17. The first-order chi connectivity index (χ1) is 20.1. The van der Waals surface area contributed by atoms with Crippen LogP contribution in [0.4, 0.5) is 5.69 Å². The van der Waals surface area contributed by atoms with Crippen molar-refractivity contribution in [3.05, 3.63) is 88.7 Å². The number of nitrogens with zero attached hydrogens (tertiary/aromatic N) is 4. The van der Waals surface area contributed by atoms with Gasteiger partial charge in [0.15, 0.2) is 0 Å². The average molecular weight is 571 g/mol. The van der Waals surface area contributed by atoms with Crippen LogP contribution in [0, 0.1) is 0 Å². The van der Waals surface area contributed by atoms with Gasteiger partial charge in [-0.1, -0.05) is 24.3 Å². The van der Waals surface area contributed by atoms with Gasteiger partial charge in [0, 0.05) is 71.3 Å². The van der Waals surface area contributed by atoms with Crippen LogP contribution in [0.25, 0.3) is 0 Å². The first kappa shape index (κ1) is 29.1. The van der Waals surface area contributed by atoms with Crippen LogP contribution in [-0.4, -0.2) is 77.6 Å². The molecule has 2 N–H and O–H groups in total. The summed E-state index contributed by atoms with van der Waals surface area (Å²) in [5, 5.41) is 5.61.